The number of rotatable bonds is 11. The van der Waals surface area contributed by atoms with E-state index in [1.165, 1.54) is 7.11 Å². The molecule has 1 N–H and O–H groups in total. The number of aliphatic hydroxyl groups excluding tert-OH is 1. The molecule has 0 radical (unpaired) electrons. The molecule has 0 unspecified atom stereocenters. The topological polar surface area (TPSA) is 94.0 Å². The fraction of sp³-hybridized carbons (Fsp3) is 0.414. The molecule has 1 aliphatic rings. The van der Waals surface area contributed by atoms with Crippen molar-refractivity contribution in [3.8, 4) is 22.8 Å². The molecule has 2 aromatic heterocycles. The van der Waals surface area contributed by atoms with Crippen molar-refractivity contribution in [3.05, 3.63) is 70.9 Å². The highest BCUT2D eigenvalue weighted by molar-refractivity contribution is 5.68. The average Bonchev–Trinajstić information content (AvgIpc) is 2.95. The summed E-state index contributed by atoms with van der Waals surface area (Å²) in [6.45, 7) is 8.46. The Morgan fingerprint density at radius 2 is 1.97 bits per heavy atom. The van der Waals surface area contributed by atoms with E-state index in [9.17, 15) is 14.3 Å². The molecule has 0 amide bonds. The van der Waals surface area contributed by atoms with Crippen LogP contribution in [0.5, 0.6) is 11.6 Å². The Labute approximate surface area is 222 Å². The van der Waals surface area contributed by atoms with Gasteiger partial charge in [0.15, 0.2) is 0 Å². The van der Waals surface area contributed by atoms with Crippen LogP contribution in [0.2, 0.25) is 0 Å². The number of halogens is 1. The molecule has 0 spiro atoms. The predicted molar refractivity (Wildman–Crippen MR) is 140 cm³/mol. The summed E-state index contributed by atoms with van der Waals surface area (Å²) >= 11 is 0. The van der Waals surface area contributed by atoms with E-state index < -0.39 is 18.0 Å². The number of hydrogen-bond donors (Lipinski definition) is 1. The first-order valence-corrected chi connectivity index (χ1v) is 12.9. The molecule has 0 aliphatic carbocycles. The van der Waals surface area contributed by atoms with Crippen LogP contribution < -0.4 is 9.47 Å². The first-order chi connectivity index (χ1) is 18.4. The summed E-state index contributed by atoms with van der Waals surface area (Å²) in [6.07, 6.45) is 2.41. The van der Waals surface area contributed by atoms with Gasteiger partial charge in [-0.15, -0.1) is 0 Å². The molecule has 1 aromatic carbocycles. The third-order valence-electron chi connectivity index (χ3n) is 7.05. The number of aryl methyl sites for hydroxylation is 1. The van der Waals surface area contributed by atoms with Gasteiger partial charge in [-0.25, -0.2) is 9.37 Å². The van der Waals surface area contributed by atoms with Crippen molar-refractivity contribution in [1.82, 2.24) is 14.9 Å². The Balaban J connectivity index is 1.67. The largest absolute Gasteiger partial charge is 0.484 e. The summed E-state index contributed by atoms with van der Waals surface area (Å²) < 4.78 is 31.4. The number of aromatic nitrogens is 2. The van der Waals surface area contributed by atoms with Gasteiger partial charge in [0.25, 0.3) is 6.47 Å². The van der Waals surface area contributed by atoms with E-state index in [4.69, 9.17) is 19.2 Å². The molecule has 0 fully saturated rings. The van der Waals surface area contributed by atoms with Gasteiger partial charge in [-0.3, -0.25) is 14.7 Å². The molecule has 4 rings (SSSR count). The lowest BCUT2D eigenvalue weighted by Crippen LogP contribution is -2.23. The predicted octanol–water partition coefficient (Wildman–Crippen LogP) is 4.79. The van der Waals surface area contributed by atoms with Crippen LogP contribution in [0.4, 0.5) is 4.39 Å². The van der Waals surface area contributed by atoms with E-state index in [0.29, 0.717) is 41.3 Å². The summed E-state index contributed by atoms with van der Waals surface area (Å²) in [5, 5.41) is 10.6. The Morgan fingerprint density at radius 1 is 1.18 bits per heavy atom. The second-order valence-electron chi connectivity index (χ2n) is 9.33. The van der Waals surface area contributed by atoms with Crippen molar-refractivity contribution < 1.29 is 28.5 Å². The van der Waals surface area contributed by atoms with Gasteiger partial charge in [-0.05, 0) is 61.7 Å². The first-order valence-electron chi connectivity index (χ1n) is 12.9. The molecule has 0 saturated heterocycles. The molecule has 38 heavy (non-hydrogen) atoms. The number of carbonyl (C=O) groups is 1. The quantitative estimate of drug-likeness (QED) is 0.359. The average molecular weight is 524 g/mol. The third-order valence-corrected chi connectivity index (χ3v) is 7.05. The maximum Gasteiger partial charge on any atom is 0.293 e. The number of carbonyl (C=O) groups excluding carboxylic acids is 1. The summed E-state index contributed by atoms with van der Waals surface area (Å²) in [7, 11) is 1.50. The maximum atomic E-state index is 14.9. The van der Waals surface area contributed by atoms with Crippen LogP contribution in [-0.2, 0) is 22.5 Å². The van der Waals surface area contributed by atoms with Crippen LogP contribution in [-0.4, -0.2) is 52.7 Å². The second-order valence-corrected chi connectivity index (χ2v) is 9.33. The van der Waals surface area contributed by atoms with Gasteiger partial charge in [-0.1, -0.05) is 26.0 Å². The maximum absolute atomic E-state index is 14.9. The number of pyridine rings is 2. The van der Waals surface area contributed by atoms with E-state index in [1.54, 1.807) is 25.3 Å². The number of benzene rings is 1. The molecular formula is C29H34FN3O5. The van der Waals surface area contributed by atoms with Gasteiger partial charge >= 0.3 is 0 Å². The van der Waals surface area contributed by atoms with E-state index in [2.05, 4.69) is 23.7 Å². The number of fused-ring (bicyclic) bond motifs is 1. The zero-order chi connectivity index (χ0) is 27.2. The molecule has 9 heteroatoms. The molecule has 3 aromatic rings. The van der Waals surface area contributed by atoms with Crippen LogP contribution in [0.3, 0.4) is 0 Å². The van der Waals surface area contributed by atoms with Crippen molar-refractivity contribution >= 4 is 6.47 Å². The van der Waals surface area contributed by atoms with E-state index in [-0.39, 0.29) is 6.10 Å². The van der Waals surface area contributed by atoms with Crippen molar-refractivity contribution in [1.29, 1.82) is 0 Å². The zero-order valence-corrected chi connectivity index (χ0v) is 22.2. The molecule has 0 saturated carbocycles. The standard InChI is InChI=1S/C29H34FN3O5/c1-5-33(6-2)16-21-11-25(31-14-23(21)22-13-28(36-4)32-15-24(22)30)26-10-9-19-7-8-20(12-27(19)38-26)29(35)18(3)37-17-34/h7-8,11-15,17-18,26,29,35H,5-6,9-10,16H2,1-4H3/t18-,26-,29+/m0/s1. The van der Waals surface area contributed by atoms with Gasteiger partial charge in [0, 0.05) is 29.9 Å². The second kappa shape index (κ2) is 12.3. The number of nitrogens with zero attached hydrogens (tertiary/aromatic N) is 3. The molecular weight excluding hydrogens is 489 g/mol. The van der Waals surface area contributed by atoms with Crippen molar-refractivity contribution in [3.63, 3.8) is 0 Å². The fourth-order valence-corrected chi connectivity index (χ4v) is 4.70. The number of ether oxygens (including phenoxy) is 3. The Hall–Kier alpha value is -3.56. The lowest BCUT2D eigenvalue weighted by atomic mass is 9.95. The monoisotopic (exact) mass is 523 g/mol. The van der Waals surface area contributed by atoms with Crippen LogP contribution >= 0.6 is 0 Å². The highest BCUT2D eigenvalue weighted by Crippen LogP contribution is 2.38. The molecule has 8 nitrogen and oxygen atoms in total. The Morgan fingerprint density at radius 3 is 2.68 bits per heavy atom. The summed E-state index contributed by atoms with van der Waals surface area (Å²) in [6, 6.07) is 9.13. The minimum atomic E-state index is -0.972. The molecule has 0 bridgehead atoms. The number of hydrogen-bond acceptors (Lipinski definition) is 8. The van der Waals surface area contributed by atoms with Crippen LogP contribution in [0.1, 0.15) is 61.8 Å². The van der Waals surface area contributed by atoms with Crippen molar-refractivity contribution in [2.75, 3.05) is 20.2 Å². The Bertz CT molecular complexity index is 1270. The zero-order valence-electron chi connectivity index (χ0n) is 22.2. The first kappa shape index (κ1) is 27.5. The van der Waals surface area contributed by atoms with E-state index in [1.807, 2.05) is 18.2 Å². The molecule has 1 aliphatic heterocycles. The number of aliphatic hydroxyl groups is 1. The minimum absolute atomic E-state index is 0.306. The van der Waals surface area contributed by atoms with Gasteiger partial charge in [0.2, 0.25) is 5.88 Å². The van der Waals surface area contributed by atoms with Crippen molar-refractivity contribution in [2.24, 2.45) is 0 Å². The summed E-state index contributed by atoms with van der Waals surface area (Å²) in [5.41, 5.74) is 4.40. The number of methoxy groups -OCH3 is 1. The SMILES string of the molecule is CCN(CC)Cc1cc([C@@H]2CCc3ccc([C@H](O)[C@H](C)OC=O)cc3O2)ncc1-c1cc(OC)ncc1F. The van der Waals surface area contributed by atoms with E-state index >= 15 is 0 Å². The van der Waals surface area contributed by atoms with Gasteiger partial charge in [0.05, 0.1) is 19.0 Å². The highest BCUT2D eigenvalue weighted by atomic mass is 19.1. The highest BCUT2D eigenvalue weighted by Gasteiger charge is 2.26. The normalized spacial score (nSPS) is 16.3. The van der Waals surface area contributed by atoms with Crippen LogP contribution in [0.15, 0.2) is 42.7 Å². The van der Waals surface area contributed by atoms with Gasteiger partial charge in [-0.2, -0.15) is 0 Å². The molecule has 3 atom stereocenters. The smallest absolute Gasteiger partial charge is 0.293 e. The van der Waals surface area contributed by atoms with E-state index in [0.717, 1.165) is 48.9 Å². The third kappa shape index (κ3) is 5.95. The van der Waals surface area contributed by atoms with Crippen LogP contribution in [0, 0.1) is 5.82 Å². The summed E-state index contributed by atoms with van der Waals surface area (Å²) in [4.78, 5) is 21.6. The van der Waals surface area contributed by atoms with Crippen molar-refractivity contribution in [2.45, 2.75) is 58.5 Å². The lowest BCUT2D eigenvalue weighted by Gasteiger charge is -2.28. The lowest BCUT2D eigenvalue weighted by molar-refractivity contribution is -0.138. The molecule has 202 valence electrons. The van der Waals surface area contributed by atoms with Gasteiger partial charge in [0.1, 0.15) is 29.9 Å². The summed E-state index contributed by atoms with van der Waals surface area (Å²) in [5.74, 6) is 0.553. The molecule has 3 heterocycles. The Kier molecular flexibility index (Phi) is 8.91. The van der Waals surface area contributed by atoms with Gasteiger partial charge < -0.3 is 19.3 Å². The fourth-order valence-electron chi connectivity index (χ4n) is 4.70. The van der Waals surface area contributed by atoms with Crippen LogP contribution in [0.25, 0.3) is 11.1 Å². The minimum Gasteiger partial charge on any atom is -0.484 e.